The molecule has 0 saturated heterocycles. The molecule has 1 amide bonds. The molecule has 0 aliphatic heterocycles. The molecule has 0 aromatic heterocycles. The molecule has 3 unspecified atom stereocenters. The molecule has 3 atom stereocenters. The van der Waals surface area contributed by atoms with E-state index in [4.69, 9.17) is 9.05 Å². The highest BCUT2D eigenvalue weighted by atomic mass is 31.2. The van der Waals surface area contributed by atoms with Crippen LogP contribution in [0.15, 0.2) is 0 Å². The first-order chi connectivity index (χ1) is 36.5. The Morgan fingerprint density at radius 2 is 0.640 bits per heavy atom. The standard InChI is InChI=1S/C66H135N2O6P/c1-6-8-10-12-14-16-18-20-22-24-26-28-30-31-32-33-34-35-36-38-40-42-44-46-48-50-52-54-56-58-60-66(70)67-64(63-74-75(71,72)73-62-61-68(3,4)5)65(69)59-57-55-53-51-49-47-45-43-41-39-37-29-27-25-23-21-19-17-15-13-11-9-7-2/h64-65,69H,6-63H2,1-5H3,(H-,67,70,71,72)/p+1. The van der Waals surface area contributed by atoms with Gasteiger partial charge in [0.1, 0.15) is 13.2 Å². The minimum atomic E-state index is -4.32. The number of carbonyl (C=O) groups excluding carboxylic acids is 1. The zero-order valence-corrected chi connectivity index (χ0v) is 52.5. The van der Waals surface area contributed by atoms with Crippen LogP contribution in [0.2, 0.25) is 0 Å². The summed E-state index contributed by atoms with van der Waals surface area (Å²) in [7, 11) is 1.64. The fourth-order valence-electron chi connectivity index (χ4n) is 10.8. The first-order valence-electron chi connectivity index (χ1n) is 33.9. The third-order valence-electron chi connectivity index (χ3n) is 16.1. The molecule has 75 heavy (non-hydrogen) atoms. The molecular weight excluding hydrogens is 948 g/mol. The van der Waals surface area contributed by atoms with Crippen molar-refractivity contribution in [2.24, 2.45) is 0 Å². The minimum Gasteiger partial charge on any atom is -0.391 e. The van der Waals surface area contributed by atoms with Crippen molar-refractivity contribution in [3.8, 4) is 0 Å². The van der Waals surface area contributed by atoms with Crippen molar-refractivity contribution < 1.29 is 32.9 Å². The highest BCUT2D eigenvalue weighted by Crippen LogP contribution is 2.43. The summed E-state index contributed by atoms with van der Waals surface area (Å²) in [5.74, 6) is -0.133. The van der Waals surface area contributed by atoms with Gasteiger partial charge in [0.2, 0.25) is 5.91 Å². The van der Waals surface area contributed by atoms with E-state index in [-0.39, 0.29) is 19.1 Å². The summed E-state index contributed by atoms with van der Waals surface area (Å²) in [5.41, 5.74) is 0. The molecule has 0 rings (SSSR count). The van der Waals surface area contributed by atoms with Gasteiger partial charge >= 0.3 is 7.82 Å². The monoisotopic (exact) mass is 1080 g/mol. The molecule has 8 nitrogen and oxygen atoms in total. The molecule has 0 bridgehead atoms. The van der Waals surface area contributed by atoms with Crippen molar-refractivity contribution in [2.45, 2.75) is 379 Å². The van der Waals surface area contributed by atoms with E-state index >= 15 is 0 Å². The number of hydrogen-bond acceptors (Lipinski definition) is 5. The van der Waals surface area contributed by atoms with Crippen molar-refractivity contribution >= 4 is 13.7 Å². The van der Waals surface area contributed by atoms with Gasteiger partial charge in [-0.25, -0.2) is 4.57 Å². The summed E-state index contributed by atoms with van der Waals surface area (Å²) in [5, 5.41) is 14.1. The fourth-order valence-corrected chi connectivity index (χ4v) is 11.6. The van der Waals surface area contributed by atoms with Crippen LogP contribution in [0.3, 0.4) is 0 Å². The number of phosphoric acid groups is 1. The number of aliphatic hydroxyl groups excluding tert-OH is 1. The molecule has 0 saturated carbocycles. The van der Waals surface area contributed by atoms with E-state index in [2.05, 4.69) is 19.2 Å². The fraction of sp³-hybridized carbons (Fsp3) is 0.985. The highest BCUT2D eigenvalue weighted by Gasteiger charge is 2.28. The van der Waals surface area contributed by atoms with Gasteiger partial charge in [-0.3, -0.25) is 13.8 Å². The van der Waals surface area contributed by atoms with Crippen molar-refractivity contribution in [1.82, 2.24) is 5.32 Å². The number of unbranched alkanes of at least 4 members (excludes halogenated alkanes) is 51. The zero-order chi connectivity index (χ0) is 54.9. The number of aliphatic hydroxyl groups is 1. The number of nitrogens with zero attached hydrogens (tertiary/aromatic N) is 1. The predicted octanol–water partition coefficient (Wildman–Crippen LogP) is 21.2. The van der Waals surface area contributed by atoms with Crippen LogP contribution in [-0.2, 0) is 18.4 Å². The topological polar surface area (TPSA) is 105 Å². The van der Waals surface area contributed by atoms with Crippen LogP contribution in [0.4, 0.5) is 0 Å². The van der Waals surface area contributed by atoms with E-state index in [0.717, 1.165) is 38.5 Å². The van der Waals surface area contributed by atoms with E-state index in [0.29, 0.717) is 23.9 Å². The van der Waals surface area contributed by atoms with E-state index < -0.39 is 20.0 Å². The molecular formula is C66H136N2O6P+. The first kappa shape index (κ1) is 74.5. The lowest BCUT2D eigenvalue weighted by Gasteiger charge is -2.26. The second kappa shape index (κ2) is 58.2. The summed E-state index contributed by atoms with van der Waals surface area (Å²) in [6.45, 7) is 4.96. The SMILES string of the molecule is CCCCCCCCCCCCCCCCCCCCCCCCCCCCCCCCC(=O)NC(COP(=O)(O)OCC[N+](C)(C)C)C(O)CCCCCCCCCCCCCCCCCCCCCCCCC. The number of rotatable bonds is 64. The Morgan fingerprint density at radius 1 is 0.400 bits per heavy atom. The molecule has 0 spiro atoms. The highest BCUT2D eigenvalue weighted by molar-refractivity contribution is 7.47. The van der Waals surface area contributed by atoms with E-state index in [9.17, 15) is 19.4 Å². The van der Waals surface area contributed by atoms with E-state index in [1.54, 1.807) is 0 Å². The van der Waals surface area contributed by atoms with Crippen molar-refractivity contribution in [1.29, 1.82) is 0 Å². The van der Waals surface area contributed by atoms with E-state index in [1.165, 1.54) is 302 Å². The quantitative estimate of drug-likeness (QED) is 0.0318. The van der Waals surface area contributed by atoms with Gasteiger partial charge in [-0.2, -0.15) is 0 Å². The lowest BCUT2D eigenvalue weighted by molar-refractivity contribution is -0.870. The van der Waals surface area contributed by atoms with Gasteiger partial charge in [0.05, 0.1) is 39.9 Å². The molecule has 0 fully saturated rings. The van der Waals surface area contributed by atoms with Crippen LogP contribution in [0.1, 0.15) is 367 Å². The van der Waals surface area contributed by atoms with Crippen LogP contribution >= 0.6 is 7.82 Å². The van der Waals surface area contributed by atoms with Gasteiger partial charge in [-0.05, 0) is 12.8 Å². The molecule has 0 aromatic rings. The van der Waals surface area contributed by atoms with Crippen LogP contribution in [0.25, 0.3) is 0 Å². The lowest BCUT2D eigenvalue weighted by atomic mass is 10.0. The Kier molecular flexibility index (Phi) is 57.8. The Morgan fingerprint density at radius 3 is 0.893 bits per heavy atom. The van der Waals surface area contributed by atoms with Crippen LogP contribution in [0.5, 0.6) is 0 Å². The molecule has 9 heteroatoms. The Hall–Kier alpha value is -0.500. The maximum absolute atomic E-state index is 13.1. The van der Waals surface area contributed by atoms with E-state index in [1.807, 2.05) is 21.1 Å². The number of carbonyl (C=O) groups is 1. The summed E-state index contributed by atoms with van der Waals surface area (Å²) in [6.07, 6.45) is 72.0. The number of phosphoric ester groups is 1. The molecule has 450 valence electrons. The van der Waals surface area contributed by atoms with Crippen LogP contribution in [0, 0.1) is 0 Å². The van der Waals surface area contributed by atoms with Crippen molar-refractivity contribution in [2.75, 3.05) is 40.9 Å². The second-order valence-electron chi connectivity index (χ2n) is 24.9. The number of amides is 1. The van der Waals surface area contributed by atoms with Gasteiger partial charge in [0.25, 0.3) is 0 Å². The molecule has 0 aliphatic rings. The normalized spacial score (nSPS) is 13.6. The molecule has 3 N–H and O–H groups in total. The minimum absolute atomic E-state index is 0.0794. The summed E-state index contributed by atoms with van der Waals surface area (Å²) < 4.78 is 23.9. The second-order valence-corrected chi connectivity index (χ2v) is 26.4. The predicted molar refractivity (Wildman–Crippen MR) is 328 cm³/mol. The summed E-state index contributed by atoms with van der Waals surface area (Å²) in [6, 6.07) is -0.756. The third kappa shape index (κ3) is 61.0. The van der Waals surface area contributed by atoms with Crippen LogP contribution in [-0.4, -0.2) is 73.4 Å². The average molecular weight is 1080 g/mol. The Balaban J connectivity index is 3.99. The zero-order valence-electron chi connectivity index (χ0n) is 51.6. The number of likely N-dealkylation sites (N-methyl/N-ethyl adjacent to an activating group) is 1. The molecule has 0 radical (unpaired) electrons. The average Bonchev–Trinajstić information content (AvgIpc) is 3.37. The van der Waals surface area contributed by atoms with Crippen molar-refractivity contribution in [3.63, 3.8) is 0 Å². The van der Waals surface area contributed by atoms with Gasteiger partial charge in [-0.1, -0.05) is 348 Å². The summed E-state index contributed by atoms with van der Waals surface area (Å²) >= 11 is 0. The lowest BCUT2D eigenvalue weighted by Crippen LogP contribution is -2.46. The van der Waals surface area contributed by atoms with Gasteiger partial charge in [0, 0.05) is 6.42 Å². The first-order valence-corrected chi connectivity index (χ1v) is 35.4. The number of quaternary nitrogens is 1. The smallest absolute Gasteiger partial charge is 0.391 e. The number of nitrogens with one attached hydrogen (secondary N) is 1. The van der Waals surface area contributed by atoms with Crippen LogP contribution < -0.4 is 5.32 Å². The molecule has 0 heterocycles. The summed E-state index contributed by atoms with van der Waals surface area (Å²) in [4.78, 5) is 23.4. The maximum Gasteiger partial charge on any atom is 0.472 e. The van der Waals surface area contributed by atoms with Gasteiger partial charge < -0.3 is 19.8 Å². The maximum atomic E-state index is 13.1. The molecule has 0 aliphatic carbocycles. The largest absolute Gasteiger partial charge is 0.472 e. The van der Waals surface area contributed by atoms with Gasteiger partial charge in [0.15, 0.2) is 0 Å². The van der Waals surface area contributed by atoms with Gasteiger partial charge in [-0.15, -0.1) is 0 Å². The molecule has 0 aromatic carbocycles. The Labute approximate surface area is 470 Å². The Bertz CT molecular complexity index is 1180. The third-order valence-corrected chi connectivity index (χ3v) is 17.1. The number of hydrogen-bond donors (Lipinski definition) is 3. The van der Waals surface area contributed by atoms with Crippen molar-refractivity contribution in [3.05, 3.63) is 0 Å².